The first kappa shape index (κ1) is 15.0. The molecule has 4 rings (SSSR count). The smallest absolute Gasteiger partial charge is 0.141 e. The molecule has 1 heterocycles. The molecule has 25 heavy (non-hydrogen) atoms. The van der Waals surface area contributed by atoms with Crippen molar-refractivity contribution in [1.29, 1.82) is 5.26 Å². The fourth-order valence-corrected chi connectivity index (χ4v) is 2.96. The van der Waals surface area contributed by atoms with Crippen LogP contribution >= 0.6 is 0 Å². The molecule has 120 valence electrons. The molecule has 3 aromatic carbocycles. The van der Waals surface area contributed by atoms with Crippen molar-refractivity contribution in [3.05, 3.63) is 83.9 Å². The number of rotatable bonds is 3. The zero-order valence-corrected chi connectivity index (χ0v) is 13.6. The van der Waals surface area contributed by atoms with Gasteiger partial charge in [-0.05, 0) is 54.1 Å². The lowest BCUT2D eigenvalue weighted by Crippen LogP contribution is -2.02. The maximum Gasteiger partial charge on any atom is 0.141 e. The van der Waals surface area contributed by atoms with E-state index in [0.717, 1.165) is 33.7 Å². The second-order valence-corrected chi connectivity index (χ2v) is 5.94. The standard InChI is InChI=1S/C21H16N4/c22-13-15-5-7-16(8-6-15)14-25-20-4-2-1-3-19(20)24-21(25)17-9-11-18(23)12-10-17/h1-12H,14,23H2. The van der Waals surface area contributed by atoms with Crippen LogP contribution in [0.5, 0.6) is 0 Å². The molecule has 0 spiro atoms. The summed E-state index contributed by atoms with van der Waals surface area (Å²) >= 11 is 0. The Morgan fingerprint density at radius 3 is 2.36 bits per heavy atom. The number of anilines is 1. The number of hydrogen-bond acceptors (Lipinski definition) is 3. The zero-order valence-electron chi connectivity index (χ0n) is 13.6. The summed E-state index contributed by atoms with van der Waals surface area (Å²) in [7, 11) is 0. The quantitative estimate of drug-likeness (QED) is 0.574. The maximum atomic E-state index is 8.97. The molecule has 0 bridgehead atoms. The number of para-hydroxylation sites is 2. The average molecular weight is 324 g/mol. The number of fused-ring (bicyclic) bond motifs is 1. The summed E-state index contributed by atoms with van der Waals surface area (Å²) in [6.45, 7) is 0.686. The van der Waals surface area contributed by atoms with Crippen LogP contribution in [0.25, 0.3) is 22.4 Å². The third kappa shape index (κ3) is 2.84. The summed E-state index contributed by atoms with van der Waals surface area (Å²) in [4.78, 5) is 4.81. The lowest BCUT2D eigenvalue weighted by molar-refractivity contribution is 0.834. The number of aromatic nitrogens is 2. The summed E-state index contributed by atoms with van der Waals surface area (Å²) in [5.41, 5.74) is 11.4. The lowest BCUT2D eigenvalue weighted by Gasteiger charge is -2.10. The molecule has 0 aliphatic rings. The van der Waals surface area contributed by atoms with Gasteiger partial charge in [-0.3, -0.25) is 0 Å². The highest BCUT2D eigenvalue weighted by atomic mass is 15.1. The second-order valence-electron chi connectivity index (χ2n) is 5.94. The Morgan fingerprint density at radius 1 is 0.920 bits per heavy atom. The minimum atomic E-state index is 0.665. The van der Waals surface area contributed by atoms with E-state index < -0.39 is 0 Å². The molecule has 0 saturated carbocycles. The predicted octanol–water partition coefficient (Wildman–Crippen LogP) is 4.21. The highest BCUT2D eigenvalue weighted by Crippen LogP contribution is 2.26. The fraction of sp³-hybridized carbons (Fsp3) is 0.0476. The van der Waals surface area contributed by atoms with E-state index in [1.54, 1.807) is 0 Å². The lowest BCUT2D eigenvalue weighted by atomic mass is 10.1. The first-order valence-corrected chi connectivity index (χ1v) is 8.05. The largest absolute Gasteiger partial charge is 0.399 e. The third-order valence-electron chi connectivity index (χ3n) is 4.25. The van der Waals surface area contributed by atoms with Gasteiger partial charge in [0.1, 0.15) is 5.82 Å². The topological polar surface area (TPSA) is 67.6 Å². The summed E-state index contributed by atoms with van der Waals surface area (Å²) < 4.78 is 2.20. The SMILES string of the molecule is N#Cc1ccc(Cn2c(-c3ccc(N)cc3)nc3ccccc32)cc1. The molecule has 0 radical (unpaired) electrons. The van der Waals surface area contributed by atoms with Crippen molar-refractivity contribution < 1.29 is 0 Å². The third-order valence-corrected chi connectivity index (χ3v) is 4.25. The zero-order chi connectivity index (χ0) is 17.2. The average Bonchev–Trinajstić information content (AvgIpc) is 3.02. The Morgan fingerprint density at radius 2 is 1.64 bits per heavy atom. The van der Waals surface area contributed by atoms with Crippen LogP contribution in [0.3, 0.4) is 0 Å². The summed E-state index contributed by atoms with van der Waals surface area (Å²) in [6.07, 6.45) is 0. The predicted molar refractivity (Wildman–Crippen MR) is 99.8 cm³/mol. The molecule has 0 atom stereocenters. The Balaban J connectivity index is 1.84. The molecule has 4 aromatic rings. The van der Waals surface area contributed by atoms with Crippen molar-refractivity contribution in [2.45, 2.75) is 6.54 Å². The number of nitriles is 1. The molecule has 0 unspecified atom stereocenters. The normalized spacial score (nSPS) is 10.7. The first-order chi connectivity index (χ1) is 12.2. The Bertz CT molecular complexity index is 1070. The molecule has 0 aliphatic carbocycles. The van der Waals surface area contributed by atoms with Gasteiger partial charge < -0.3 is 10.3 Å². The number of hydrogen-bond donors (Lipinski definition) is 1. The van der Waals surface area contributed by atoms with Crippen molar-refractivity contribution in [2.75, 3.05) is 5.73 Å². The van der Waals surface area contributed by atoms with Gasteiger partial charge in [0, 0.05) is 17.8 Å². The van der Waals surface area contributed by atoms with Gasteiger partial charge >= 0.3 is 0 Å². The number of benzene rings is 3. The maximum absolute atomic E-state index is 8.97. The van der Waals surface area contributed by atoms with Crippen molar-refractivity contribution in [2.24, 2.45) is 0 Å². The van der Waals surface area contributed by atoms with Crippen LogP contribution in [0.2, 0.25) is 0 Å². The molecule has 0 saturated heterocycles. The van der Waals surface area contributed by atoms with E-state index in [4.69, 9.17) is 16.0 Å². The Labute approximate surface area is 145 Å². The summed E-state index contributed by atoms with van der Waals surface area (Å²) in [6, 6.07) is 25.7. The van der Waals surface area contributed by atoms with Gasteiger partial charge in [0.25, 0.3) is 0 Å². The van der Waals surface area contributed by atoms with Crippen molar-refractivity contribution in [1.82, 2.24) is 9.55 Å². The van der Waals surface area contributed by atoms with E-state index in [1.165, 1.54) is 0 Å². The molecule has 4 heteroatoms. The van der Waals surface area contributed by atoms with E-state index >= 15 is 0 Å². The van der Waals surface area contributed by atoms with E-state index in [-0.39, 0.29) is 0 Å². The van der Waals surface area contributed by atoms with Crippen molar-refractivity contribution >= 4 is 16.7 Å². The Kier molecular flexibility index (Phi) is 3.68. The molecule has 1 aromatic heterocycles. The number of imidazole rings is 1. The van der Waals surface area contributed by atoms with Crippen LogP contribution in [-0.2, 0) is 6.54 Å². The van der Waals surface area contributed by atoms with Gasteiger partial charge in [-0.2, -0.15) is 5.26 Å². The number of nitrogen functional groups attached to an aromatic ring is 1. The fourth-order valence-electron chi connectivity index (χ4n) is 2.96. The van der Waals surface area contributed by atoms with Crippen LogP contribution in [0.1, 0.15) is 11.1 Å². The van der Waals surface area contributed by atoms with E-state index in [1.807, 2.05) is 66.7 Å². The number of nitrogens with two attached hydrogens (primary N) is 1. The van der Waals surface area contributed by atoms with Crippen molar-refractivity contribution in [3.8, 4) is 17.5 Å². The van der Waals surface area contributed by atoms with Gasteiger partial charge in [0.05, 0.1) is 22.7 Å². The molecule has 2 N–H and O–H groups in total. The molecule has 4 nitrogen and oxygen atoms in total. The minimum absolute atomic E-state index is 0.665. The molecular formula is C21H16N4. The minimum Gasteiger partial charge on any atom is -0.399 e. The highest BCUT2D eigenvalue weighted by molar-refractivity contribution is 5.81. The van der Waals surface area contributed by atoms with Crippen LogP contribution in [-0.4, -0.2) is 9.55 Å². The second kappa shape index (κ2) is 6.14. The van der Waals surface area contributed by atoms with E-state index in [2.05, 4.69) is 16.7 Å². The van der Waals surface area contributed by atoms with Crippen LogP contribution in [0, 0.1) is 11.3 Å². The van der Waals surface area contributed by atoms with Gasteiger partial charge in [0.2, 0.25) is 0 Å². The summed E-state index contributed by atoms with van der Waals surface area (Å²) in [5, 5.41) is 8.97. The van der Waals surface area contributed by atoms with Gasteiger partial charge in [-0.25, -0.2) is 4.98 Å². The Hall–Kier alpha value is -3.58. The van der Waals surface area contributed by atoms with E-state index in [0.29, 0.717) is 12.1 Å². The van der Waals surface area contributed by atoms with Crippen molar-refractivity contribution in [3.63, 3.8) is 0 Å². The molecule has 0 amide bonds. The van der Waals surface area contributed by atoms with Crippen LogP contribution in [0.15, 0.2) is 72.8 Å². The van der Waals surface area contributed by atoms with Gasteiger partial charge in [0.15, 0.2) is 0 Å². The monoisotopic (exact) mass is 324 g/mol. The highest BCUT2D eigenvalue weighted by Gasteiger charge is 2.12. The molecule has 0 aliphatic heterocycles. The first-order valence-electron chi connectivity index (χ1n) is 8.05. The van der Waals surface area contributed by atoms with Crippen LogP contribution < -0.4 is 5.73 Å². The van der Waals surface area contributed by atoms with Gasteiger partial charge in [-0.1, -0.05) is 24.3 Å². The van der Waals surface area contributed by atoms with Gasteiger partial charge in [-0.15, -0.1) is 0 Å². The number of nitrogens with zero attached hydrogens (tertiary/aromatic N) is 3. The molecular weight excluding hydrogens is 308 g/mol. The molecule has 0 fully saturated rings. The van der Waals surface area contributed by atoms with Crippen LogP contribution in [0.4, 0.5) is 5.69 Å². The summed E-state index contributed by atoms with van der Waals surface area (Å²) in [5.74, 6) is 0.908. The van der Waals surface area contributed by atoms with E-state index in [9.17, 15) is 0 Å².